The first-order chi connectivity index (χ1) is 8.02. The van der Waals surface area contributed by atoms with Gasteiger partial charge in [0.05, 0.1) is 7.11 Å². The van der Waals surface area contributed by atoms with E-state index in [0.717, 1.165) is 0 Å². The topological polar surface area (TPSA) is 43.4 Å². The van der Waals surface area contributed by atoms with Crippen molar-refractivity contribution in [1.29, 1.82) is 0 Å². The van der Waals surface area contributed by atoms with E-state index in [4.69, 9.17) is 11.6 Å². The van der Waals surface area contributed by atoms with Gasteiger partial charge in [0.1, 0.15) is 0 Å². The van der Waals surface area contributed by atoms with Crippen LogP contribution in [0.5, 0.6) is 0 Å². The van der Waals surface area contributed by atoms with E-state index in [1.807, 2.05) is 6.92 Å². The van der Waals surface area contributed by atoms with E-state index in [0.29, 0.717) is 17.0 Å². The number of esters is 1. The molecule has 0 saturated carbocycles. The summed E-state index contributed by atoms with van der Waals surface area (Å²) in [6, 6.07) is 6.81. The lowest BCUT2D eigenvalue weighted by molar-refractivity contribution is -0.141. The normalized spacial score (nSPS) is 11.9. The van der Waals surface area contributed by atoms with Gasteiger partial charge in [0.25, 0.3) is 0 Å². The molecule has 0 spiro atoms. The molecule has 0 bridgehead atoms. The Labute approximate surface area is 106 Å². The van der Waals surface area contributed by atoms with E-state index < -0.39 is 0 Å². The highest BCUT2D eigenvalue weighted by molar-refractivity contribution is 6.31. The second-order valence-electron chi connectivity index (χ2n) is 4.02. The molecular formula is C13H15ClO3. The number of carbonyl (C=O) groups excluding carboxylic acids is 2. The summed E-state index contributed by atoms with van der Waals surface area (Å²) >= 11 is 5.81. The van der Waals surface area contributed by atoms with Crippen LogP contribution in [0.15, 0.2) is 24.3 Å². The fourth-order valence-electron chi connectivity index (χ4n) is 1.54. The molecule has 0 unspecified atom stereocenters. The third kappa shape index (κ3) is 4.57. The SMILES string of the molecule is COC(=O)C[C@@H](C)CC(=O)c1cccc(Cl)c1. The lowest BCUT2D eigenvalue weighted by Crippen LogP contribution is -2.11. The van der Waals surface area contributed by atoms with Gasteiger partial charge in [-0.3, -0.25) is 9.59 Å². The van der Waals surface area contributed by atoms with Gasteiger partial charge in [-0.25, -0.2) is 0 Å². The standard InChI is InChI=1S/C13H15ClO3/c1-9(7-13(16)17-2)6-12(15)10-4-3-5-11(14)8-10/h3-5,8-9H,6-7H2,1-2H3/t9-/m0/s1. The molecule has 1 atom stereocenters. The molecule has 0 aliphatic rings. The minimum Gasteiger partial charge on any atom is -0.469 e. The van der Waals surface area contributed by atoms with E-state index in [-0.39, 0.29) is 24.1 Å². The van der Waals surface area contributed by atoms with Crippen LogP contribution in [-0.2, 0) is 9.53 Å². The van der Waals surface area contributed by atoms with E-state index >= 15 is 0 Å². The lowest BCUT2D eigenvalue weighted by Gasteiger charge is -2.09. The van der Waals surface area contributed by atoms with Gasteiger partial charge in [-0.15, -0.1) is 0 Å². The molecule has 0 saturated heterocycles. The second kappa shape index (κ2) is 6.40. The van der Waals surface area contributed by atoms with Gasteiger partial charge in [0.15, 0.2) is 5.78 Å². The molecule has 1 rings (SSSR count). The van der Waals surface area contributed by atoms with Crippen LogP contribution < -0.4 is 0 Å². The Morgan fingerprint density at radius 1 is 1.35 bits per heavy atom. The van der Waals surface area contributed by atoms with Crippen molar-refractivity contribution in [2.24, 2.45) is 5.92 Å². The van der Waals surface area contributed by atoms with Gasteiger partial charge < -0.3 is 4.74 Å². The first-order valence-electron chi connectivity index (χ1n) is 5.38. The van der Waals surface area contributed by atoms with Crippen LogP contribution in [0, 0.1) is 5.92 Å². The summed E-state index contributed by atoms with van der Waals surface area (Å²) in [5.74, 6) is -0.339. The largest absolute Gasteiger partial charge is 0.469 e. The molecule has 1 aromatic carbocycles. The van der Waals surface area contributed by atoms with Crippen molar-refractivity contribution in [2.75, 3.05) is 7.11 Å². The van der Waals surface area contributed by atoms with Crippen LogP contribution in [0.2, 0.25) is 5.02 Å². The Kier molecular flexibility index (Phi) is 5.16. The van der Waals surface area contributed by atoms with Gasteiger partial charge in [0, 0.05) is 23.4 Å². The Bertz CT molecular complexity index is 415. The summed E-state index contributed by atoms with van der Waals surface area (Å²) in [5, 5.41) is 0.538. The molecule has 3 nitrogen and oxygen atoms in total. The summed E-state index contributed by atoms with van der Waals surface area (Å²) in [7, 11) is 1.34. The van der Waals surface area contributed by atoms with E-state index in [9.17, 15) is 9.59 Å². The molecule has 1 aromatic rings. The fraction of sp³-hybridized carbons (Fsp3) is 0.385. The Balaban J connectivity index is 2.57. The lowest BCUT2D eigenvalue weighted by atomic mass is 9.97. The van der Waals surface area contributed by atoms with Crippen molar-refractivity contribution in [3.8, 4) is 0 Å². The van der Waals surface area contributed by atoms with Gasteiger partial charge in [-0.05, 0) is 18.1 Å². The van der Waals surface area contributed by atoms with Crippen LogP contribution in [0.4, 0.5) is 0 Å². The zero-order valence-electron chi connectivity index (χ0n) is 9.90. The van der Waals surface area contributed by atoms with E-state index in [1.54, 1.807) is 24.3 Å². The second-order valence-corrected chi connectivity index (χ2v) is 4.46. The smallest absolute Gasteiger partial charge is 0.305 e. The molecule has 0 N–H and O–H groups in total. The highest BCUT2D eigenvalue weighted by atomic mass is 35.5. The van der Waals surface area contributed by atoms with Crippen LogP contribution >= 0.6 is 11.6 Å². The number of ether oxygens (including phenoxy) is 1. The predicted octanol–water partition coefficient (Wildman–Crippen LogP) is 3.11. The minimum absolute atomic E-state index is 0.0103. The maximum atomic E-state index is 11.9. The first-order valence-corrected chi connectivity index (χ1v) is 5.76. The summed E-state index contributed by atoms with van der Waals surface area (Å²) < 4.78 is 4.56. The van der Waals surface area contributed by atoms with E-state index in [2.05, 4.69) is 4.74 Å². The van der Waals surface area contributed by atoms with Gasteiger partial charge in [-0.2, -0.15) is 0 Å². The highest BCUT2D eigenvalue weighted by Gasteiger charge is 2.15. The number of Topliss-reactive ketones (excluding diaryl/α,β-unsaturated/α-hetero) is 1. The average molecular weight is 255 g/mol. The molecule has 0 aliphatic heterocycles. The zero-order chi connectivity index (χ0) is 12.8. The molecule has 92 valence electrons. The van der Waals surface area contributed by atoms with Crippen molar-refractivity contribution < 1.29 is 14.3 Å². The van der Waals surface area contributed by atoms with Crippen LogP contribution in [-0.4, -0.2) is 18.9 Å². The third-order valence-corrected chi connectivity index (χ3v) is 2.66. The van der Waals surface area contributed by atoms with Crippen molar-refractivity contribution in [1.82, 2.24) is 0 Å². The fourth-order valence-corrected chi connectivity index (χ4v) is 1.73. The van der Waals surface area contributed by atoms with E-state index in [1.165, 1.54) is 7.11 Å². The molecule has 0 aromatic heterocycles. The summed E-state index contributed by atoms with van der Waals surface area (Å²) in [4.78, 5) is 22.9. The molecule has 0 radical (unpaired) electrons. The number of benzene rings is 1. The number of carbonyl (C=O) groups is 2. The third-order valence-electron chi connectivity index (χ3n) is 2.42. The van der Waals surface area contributed by atoms with Crippen LogP contribution in [0.3, 0.4) is 0 Å². The van der Waals surface area contributed by atoms with Gasteiger partial charge in [0.2, 0.25) is 0 Å². The highest BCUT2D eigenvalue weighted by Crippen LogP contribution is 2.16. The number of hydrogen-bond donors (Lipinski definition) is 0. The van der Waals surface area contributed by atoms with Crippen molar-refractivity contribution in [3.05, 3.63) is 34.9 Å². The molecule has 4 heteroatoms. The summed E-state index contributed by atoms with van der Waals surface area (Å²) in [6.07, 6.45) is 0.568. The Morgan fingerprint density at radius 2 is 2.06 bits per heavy atom. The average Bonchev–Trinajstić information content (AvgIpc) is 2.28. The summed E-state index contributed by atoms with van der Waals surface area (Å²) in [5.41, 5.74) is 0.578. The predicted molar refractivity (Wildman–Crippen MR) is 66.2 cm³/mol. The number of hydrogen-bond acceptors (Lipinski definition) is 3. The summed E-state index contributed by atoms with van der Waals surface area (Å²) in [6.45, 7) is 1.85. The van der Waals surface area contributed by atoms with Gasteiger partial charge >= 0.3 is 5.97 Å². The number of ketones is 1. The number of methoxy groups -OCH3 is 1. The number of halogens is 1. The molecule has 0 aliphatic carbocycles. The Hall–Kier alpha value is -1.35. The molecule has 17 heavy (non-hydrogen) atoms. The maximum absolute atomic E-state index is 11.9. The molecular weight excluding hydrogens is 240 g/mol. The molecule has 0 heterocycles. The van der Waals surface area contributed by atoms with Crippen LogP contribution in [0.25, 0.3) is 0 Å². The van der Waals surface area contributed by atoms with Crippen molar-refractivity contribution >= 4 is 23.4 Å². The quantitative estimate of drug-likeness (QED) is 0.599. The number of rotatable bonds is 5. The monoisotopic (exact) mass is 254 g/mol. The minimum atomic E-state index is -0.295. The molecule has 0 fully saturated rings. The maximum Gasteiger partial charge on any atom is 0.305 e. The van der Waals surface area contributed by atoms with Crippen molar-refractivity contribution in [2.45, 2.75) is 19.8 Å². The zero-order valence-corrected chi connectivity index (χ0v) is 10.7. The first kappa shape index (κ1) is 13.7. The molecule has 0 amide bonds. The van der Waals surface area contributed by atoms with Crippen molar-refractivity contribution in [3.63, 3.8) is 0 Å². The van der Waals surface area contributed by atoms with Crippen LogP contribution in [0.1, 0.15) is 30.1 Å². The Morgan fingerprint density at radius 3 is 2.65 bits per heavy atom. The van der Waals surface area contributed by atoms with Gasteiger partial charge in [-0.1, -0.05) is 30.7 Å².